The van der Waals surface area contributed by atoms with Crippen LogP contribution in [0.5, 0.6) is 0 Å². The lowest BCUT2D eigenvalue weighted by atomic mass is 10.2. The normalized spacial score (nSPS) is 10.7. The van der Waals surface area contributed by atoms with Crippen LogP contribution < -0.4 is 0 Å². The lowest BCUT2D eigenvalue weighted by Gasteiger charge is -1.91. The molecule has 2 aromatic rings. The topological polar surface area (TPSA) is 17.8 Å². The van der Waals surface area contributed by atoms with Crippen LogP contribution in [0.4, 0.5) is 4.39 Å². The van der Waals surface area contributed by atoms with Gasteiger partial charge in [0.2, 0.25) is 0 Å². The average molecular weight is 215 g/mol. The Balaban J connectivity index is 2.96. The Labute approximate surface area is 71.0 Å². The highest BCUT2D eigenvalue weighted by Gasteiger charge is 2.04. The molecule has 1 aromatic carbocycles. The lowest BCUT2D eigenvalue weighted by Crippen LogP contribution is -1.83. The zero-order valence-corrected chi connectivity index (χ0v) is 7.05. The van der Waals surface area contributed by atoms with Crippen LogP contribution in [-0.2, 0) is 0 Å². The van der Waals surface area contributed by atoms with Gasteiger partial charge in [-0.25, -0.2) is 4.39 Å². The first kappa shape index (κ1) is 6.79. The molecule has 0 fully saturated rings. The zero-order chi connectivity index (χ0) is 7.84. The predicted octanol–water partition coefficient (Wildman–Crippen LogP) is 2.33. The van der Waals surface area contributed by atoms with E-state index in [1.54, 1.807) is 12.3 Å². The van der Waals surface area contributed by atoms with Gasteiger partial charge in [-0.1, -0.05) is 12.1 Å². The van der Waals surface area contributed by atoms with Crippen molar-refractivity contribution < 1.29 is 4.39 Å². The number of benzene rings is 1. The van der Waals surface area contributed by atoms with Gasteiger partial charge in [0.1, 0.15) is 11.3 Å². The number of hydrogen-bond donors (Lipinski definition) is 0. The first-order valence-electron chi connectivity index (χ1n) is 3.07. The van der Waals surface area contributed by atoms with Crippen LogP contribution >= 0.6 is 16.1 Å². The Morgan fingerprint density at radius 3 is 3.00 bits per heavy atom. The van der Waals surface area contributed by atoms with Gasteiger partial charge < -0.3 is 0 Å². The fourth-order valence-corrected chi connectivity index (χ4v) is 1.47. The third-order valence-electron chi connectivity index (χ3n) is 1.50. The van der Waals surface area contributed by atoms with Crippen LogP contribution in [-0.4, -0.2) is 8.81 Å². The Kier molecular flexibility index (Phi) is 1.42. The van der Waals surface area contributed by atoms with Crippen LogP contribution in [0.3, 0.4) is 0 Å². The van der Waals surface area contributed by atoms with E-state index in [1.165, 1.54) is 9.77 Å². The number of nitrogens with zero attached hydrogens (tertiary/aromatic N) is 2. The maximum Gasteiger partial charge on any atom is 0.150 e. The SMILES string of the molecule is Fc1cccc2cnn(Br)c12. The van der Waals surface area contributed by atoms with Crippen molar-refractivity contribution in [2.24, 2.45) is 0 Å². The van der Waals surface area contributed by atoms with Crippen molar-refractivity contribution in [2.75, 3.05) is 0 Å². The molecular weight excluding hydrogens is 211 g/mol. The number of hydrogen-bond acceptors (Lipinski definition) is 1. The fourth-order valence-electron chi connectivity index (χ4n) is 1.00. The van der Waals surface area contributed by atoms with E-state index < -0.39 is 0 Å². The Bertz CT molecular complexity index is 396. The summed E-state index contributed by atoms with van der Waals surface area (Å²) in [5.74, 6) is -0.267. The van der Waals surface area contributed by atoms with Gasteiger partial charge in [0, 0.05) is 5.39 Å². The molecule has 0 N–H and O–H groups in total. The van der Waals surface area contributed by atoms with E-state index in [2.05, 4.69) is 21.2 Å². The van der Waals surface area contributed by atoms with Crippen molar-refractivity contribution in [3.05, 3.63) is 30.2 Å². The number of para-hydroxylation sites is 1. The smallest absolute Gasteiger partial charge is 0.150 e. The van der Waals surface area contributed by atoms with Crippen molar-refractivity contribution in [3.8, 4) is 0 Å². The van der Waals surface area contributed by atoms with Crippen molar-refractivity contribution >= 4 is 27.1 Å². The van der Waals surface area contributed by atoms with E-state index in [9.17, 15) is 4.39 Å². The molecule has 0 atom stereocenters. The van der Waals surface area contributed by atoms with Crippen LogP contribution in [0.25, 0.3) is 10.9 Å². The van der Waals surface area contributed by atoms with Crippen LogP contribution in [0.2, 0.25) is 0 Å². The molecule has 0 bridgehead atoms. The van der Waals surface area contributed by atoms with E-state index in [1.807, 2.05) is 6.07 Å². The molecule has 0 saturated carbocycles. The number of fused-ring (bicyclic) bond motifs is 1. The summed E-state index contributed by atoms with van der Waals surface area (Å²) in [6.07, 6.45) is 1.60. The second-order valence-electron chi connectivity index (χ2n) is 2.18. The first-order chi connectivity index (χ1) is 5.29. The molecule has 0 aliphatic heterocycles. The van der Waals surface area contributed by atoms with Gasteiger partial charge in [-0.2, -0.15) is 8.81 Å². The molecule has 0 saturated heterocycles. The summed E-state index contributed by atoms with van der Waals surface area (Å²) in [4.78, 5) is 0. The van der Waals surface area contributed by atoms with Gasteiger partial charge in [0.15, 0.2) is 0 Å². The van der Waals surface area contributed by atoms with E-state index in [4.69, 9.17) is 0 Å². The molecule has 0 unspecified atom stereocenters. The molecule has 56 valence electrons. The highest BCUT2D eigenvalue weighted by Crippen LogP contribution is 2.17. The average Bonchev–Trinajstić information content (AvgIpc) is 2.34. The first-order valence-corrected chi connectivity index (χ1v) is 3.78. The second-order valence-corrected chi connectivity index (χ2v) is 2.85. The minimum Gasteiger partial charge on any atom is -0.205 e. The molecule has 4 heteroatoms. The molecule has 0 radical (unpaired) electrons. The van der Waals surface area contributed by atoms with Crippen LogP contribution in [0.15, 0.2) is 24.4 Å². The number of aromatic nitrogens is 2. The summed E-state index contributed by atoms with van der Waals surface area (Å²) >= 11 is 3.08. The summed E-state index contributed by atoms with van der Waals surface area (Å²) in [5, 5.41) is 4.64. The van der Waals surface area contributed by atoms with Gasteiger partial charge >= 0.3 is 0 Å². The second kappa shape index (κ2) is 2.30. The fraction of sp³-hybridized carbons (Fsp3) is 0. The highest BCUT2D eigenvalue weighted by molar-refractivity contribution is 9.08. The van der Waals surface area contributed by atoms with Crippen molar-refractivity contribution in [2.45, 2.75) is 0 Å². The number of halogens is 2. The molecule has 1 aromatic heterocycles. The molecular formula is C7H4BrFN2. The Morgan fingerprint density at radius 1 is 1.45 bits per heavy atom. The molecule has 0 amide bonds. The molecule has 0 aliphatic rings. The van der Waals surface area contributed by atoms with Gasteiger partial charge in [-0.15, -0.1) is 0 Å². The molecule has 1 heterocycles. The van der Waals surface area contributed by atoms with Crippen molar-refractivity contribution in [1.82, 2.24) is 8.81 Å². The van der Waals surface area contributed by atoms with Gasteiger partial charge in [-0.05, 0) is 6.07 Å². The summed E-state index contributed by atoms with van der Waals surface area (Å²) in [6.45, 7) is 0. The zero-order valence-electron chi connectivity index (χ0n) is 5.46. The monoisotopic (exact) mass is 214 g/mol. The summed E-state index contributed by atoms with van der Waals surface area (Å²) < 4.78 is 14.3. The maximum atomic E-state index is 13.0. The van der Waals surface area contributed by atoms with Crippen LogP contribution in [0.1, 0.15) is 0 Å². The van der Waals surface area contributed by atoms with Gasteiger partial charge in [-0.3, -0.25) is 0 Å². The molecule has 0 spiro atoms. The minimum atomic E-state index is -0.267. The third kappa shape index (κ3) is 0.939. The van der Waals surface area contributed by atoms with Crippen LogP contribution in [0, 0.1) is 5.82 Å². The molecule has 11 heavy (non-hydrogen) atoms. The summed E-state index contributed by atoms with van der Waals surface area (Å²) in [7, 11) is 0. The number of rotatable bonds is 0. The molecule has 2 nitrogen and oxygen atoms in total. The van der Waals surface area contributed by atoms with Gasteiger partial charge in [0.25, 0.3) is 0 Å². The van der Waals surface area contributed by atoms with Crippen molar-refractivity contribution in [3.63, 3.8) is 0 Å². The molecule has 2 rings (SSSR count). The Hall–Kier alpha value is -0.900. The predicted molar refractivity (Wildman–Crippen MR) is 44.0 cm³/mol. The minimum absolute atomic E-state index is 0.267. The quantitative estimate of drug-likeness (QED) is 0.659. The molecule has 0 aliphatic carbocycles. The van der Waals surface area contributed by atoms with Crippen molar-refractivity contribution in [1.29, 1.82) is 0 Å². The summed E-state index contributed by atoms with van der Waals surface area (Å²) in [5.41, 5.74) is 0.479. The maximum absolute atomic E-state index is 13.0. The van der Waals surface area contributed by atoms with E-state index >= 15 is 0 Å². The lowest BCUT2D eigenvalue weighted by molar-refractivity contribution is 0.635. The largest absolute Gasteiger partial charge is 0.205 e. The van der Waals surface area contributed by atoms with Gasteiger partial charge in [0.05, 0.1) is 22.3 Å². The Morgan fingerprint density at radius 2 is 2.27 bits per heavy atom. The highest BCUT2D eigenvalue weighted by atomic mass is 79.9. The van der Waals surface area contributed by atoms with E-state index in [0.29, 0.717) is 5.52 Å². The standard InChI is InChI=1S/C7H4BrFN2/c8-11-7-5(4-10-11)2-1-3-6(7)9/h1-4H. The van der Waals surface area contributed by atoms with E-state index in [-0.39, 0.29) is 5.82 Å². The van der Waals surface area contributed by atoms with E-state index in [0.717, 1.165) is 5.39 Å². The summed E-state index contributed by atoms with van der Waals surface area (Å²) in [6, 6.07) is 4.87. The third-order valence-corrected chi connectivity index (χ3v) is 2.04.